The fraction of sp³-hybridized carbons (Fsp3) is 0.462. The fourth-order valence-electron chi connectivity index (χ4n) is 1.68. The van der Waals surface area contributed by atoms with Crippen LogP contribution in [0.3, 0.4) is 0 Å². The summed E-state index contributed by atoms with van der Waals surface area (Å²) in [6.45, 7) is 3.39. The Kier molecular flexibility index (Phi) is 5.95. The molecule has 0 aliphatic carbocycles. The predicted octanol–water partition coefficient (Wildman–Crippen LogP) is 0.468. The predicted molar refractivity (Wildman–Crippen MR) is 68.5 cm³/mol. The lowest BCUT2D eigenvalue weighted by Gasteiger charge is -2.27. The summed E-state index contributed by atoms with van der Waals surface area (Å²) < 4.78 is 4.85. The Morgan fingerprint density at radius 2 is 2.16 bits per heavy atom. The van der Waals surface area contributed by atoms with E-state index in [1.54, 1.807) is 32.0 Å². The Balaban J connectivity index is 2.92. The molecule has 0 saturated carbocycles. The van der Waals surface area contributed by atoms with Crippen LogP contribution in [-0.4, -0.2) is 52.7 Å². The van der Waals surface area contributed by atoms with Crippen molar-refractivity contribution in [3.63, 3.8) is 0 Å². The highest BCUT2D eigenvalue weighted by molar-refractivity contribution is 5.95. The first-order valence-electron chi connectivity index (χ1n) is 6.15. The third kappa shape index (κ3) is 3.75. The van der Waals surface area contributed by atoms with Gasteiger partial charge in [-0.3, -0.25) is 9.78 Å². The third-order valence-corrected chi connectivity index (χ3v) is 2.59. The second-order valence-electron chi connectivity index (χ2n) is 3.76. The van der Waals surface area contributed by atoms with E-state index in [0.29, 0.717) is 0 Å². The van der Waals surface area contributed by atoms with Gasteiger partial charge in [0, 0.05) is 12.7 Å². The summed E-state index contributed by atoms with van der Waals surface area (Å²) in [6.07, 6.45) is 1.50. The molecule has 104 valence electrons. The number of amides is 1. The zero-order chi connectivity index (χ0) is 14.3. The number of ether oxygens (including phenoxy) is 1. The lowest BCUT2D eigenvalue weighted by atomic mass is 10.2. The molecule has 0 bridgehead atoms. The van der Waals surface area contributed by atoms with Crippen LogP contribution in [-0.2, 0) is 9.53 Å². The minimum atomic E-state index is -1.00. The molecule has 1 aromatic heterocycles. The highest BCUT2D eigenvalue weighted by atomic mass is 16.5. The molecule has 1 rings (SSSR count). The Bertz CT molecular complexity index is 422. The number of hydrogen-bond donors (Lipinski definition) is 1. The van der Waals surface area contributed by atoms with E-state index < -0.39 is 24.5 Å². The maximum Gasteiger partial charge on any atom is 0.331 e. The molecule has 0 aliphatic rings. The van der Waals surface area contributed by atoms with E-state index in [2.05, 4.69) is 4.98 Å². The summed E-state index contributed by atoms with van der Waals surface area (Å²) in [7, 11) is 0. The molecule has 1 heterocycles. The van der Waals surface area contributed by atoms with Crippen LogP contribution in [0.1, 0.15) is 24.3 Å². The van der Waals surface area contributed by atoms with E-state index in [1.165, 1.54) is 11.1 Å². The minimum absolute atomic E-state index is 0.199. The van der Waals surface area contributed by atoms with Crippen LogP contribution in [0.2, 0.25) is 0 Å². The molecule has 1 atom stereocenters. The number of rotatable bonds is 6. The second-order valence-corrected chi connectivity index (χ2v) is 3.76. The van der Waals surface area contributed by atoms with E-state index in [-0.39, 0.29) is 18.8 Å². The van der Waals surface area contributed by atoms with Gasteiger partial charge >= 0.3 is 5.97 Å². The largest absolute Gasteiger partial charge is 0.464 e. The van der Waals surface area contributed by atoms with E-state index in [0.717, 1.165) is 0 Å². The van der Waals surface area contributed by atoms with Crippen LogP contribution < -0.4 is 0 Å². The van der Waals surface area contributed by atoms with Gasteiger partial charge in [0.05, 0.1) is 13.2 Å². The molecule has 1 unspecified atom stereocenters. The van der Waals surface area contributed by atoms with Gasteiger partial charge in [-0.2, -0.15) is 0 Å². The maximum absolute atomic E-state index is 12.2. The monoisotopic (exact) mass is 266 g/mol. The summed E-state index contributed by atoms with van der Waals surface area (Å²) in [5.41, 5.74) is 0.229. The first-order valence-corrected chi connectivity index (χ1v) is 6.15. The van der Waals surface area contributed by atoms with Gasteiger partial charge in [-0.1, -0.05) is 6.07 Å². The molecule has 0 aliphatic heterocycles. The molecule has 0 saturated heterocycles. The number of hydrogen-bond acceptors (Lipinski definition) is 5. The number of aliphatic hydroxyl groups excluding tert-OH is 1. The molecule has 6 heteroatoms. The lowest BCUT2D eigenvalue weighted by molar-refractivity contribution is -0.150. The fourth-order valence-corrected chi connectivity index (χ4v) is 1.68. The Hall–Kier alpha value is -1.95. The van der Waals surface area contributed by atoms with Crippen LogP contribution in [0, 0.1) is 0 Å². The van der Waals surface area contributed by atoms with Gasteiger partial charge in [0.15, 0.2) is 6.04 Å². The first-order chi connectivity index (χ1) is 9.15. The topological polar surface area (TPSA) is 79.7 Å². The van der Waals surface area contributed by atoms with Crippen molar-refractivity contribution in [2.45, 2.75) is 19.9 Å². The van der Waals surface area contributed by atoms with E-state index in [4.69, 9.17) is 4.74 Å². The zero-order valence-corrected chi connectivity index (χ0v) is 11.1. The van der Waals surface area contributed by atoms with E-state index in [1.807, 2.05) is 0 Å². The average molecular weight is 266 g/mol. The number of nitrogens with zero attached hydrogens (tertiary/aromatic N) is 2. The van der Waals surface area contributed by atoms with Gasteiger partial charge < -0.3 is 14.7 Å². The molecule has 0 spiro atoms. The summed E-state index contributed by atoms with van der Waals surface area (Å²) in [5, 5.41) is 9.31. The Morgan fingerprint density at radius 1 is 1.42 bits per heavy atom. The van der Waals surface area contributed by atoms with Gasteiger partial charge in [0.1, 0.15) is 5.69 Å². The van der Waals surface area contributed by atoms with Crippen LogP contribution in [0.15, 0.2) is 24.4 Å². The summed E-state index contributed by atoms with van der Waals surface area (Å²) in [5.74, 6) is -1.02. The van der Waals surface area contributed by atoms with Gasteiger partial charge in [0.2, 0.25) is 0 Å². The molecular weight excluding hydrogens is 248 g/mol. The average Bonchev–Trinajstić information content (AvgIpc) is 2.45. The quantitative estimate of drug-likeness (QED) is 0.757. The molecule has 0 radical (unpaired) electrons. The van der Waals surface area contributed by atoms with Gasteiger partial charge in [-0.25, -0.2) is 4.79 Å². The van der Waals surface area contributed by atoms with Crippen molar-refractivity contribution in [3.8, 4) is 0 Å². The van der Waals surface area contributed by atoms with Gasteiger partial charge in [0.25, 0.3) is 5.91 Å². The molecule has 6 nitrogen and oxygen atoms in total. The maximum atomic E-state index is 12.2. The standard InChI is InChI=1S/C13H18N2O4/c1-3-15(11(9-16)13(18)19-4-2)12(17)10-7-5-6-8-14-10/h5-8,11,16H,3-4,9H2,1-2H3. The molecule has 1 aromatic rings. The minimum Gasteiger partial charge on any atom is -0.464 e. The SMILES string of the molecule is CCOC(=O)C(CO)N(CC)C(=O)c1ccccn1. The van der Waals surface area contributed by atoms with Crippen LogP contribution in [0.25, 0.3) is 0 Å². The molecule has 19 heavy (non-hydrogen) atoms. The Morgan fingerprint density at radius 3 is 2.63 bits per heavy atom. The smallest absolute Gasteiger partial charge is 0.331 e. The van der Waals surface area contributed by atoms with Crippen LogP contribution in [0.4, 0.5) is 0 Å². The Labute approximate surface area is 112 Å². The lowest BCUT2D eigenvalue weighted by Crippen LogP contribution is -2.48. The number of aromatic nitrogens is 1. The highest BCUT2D eigenvalue weighted by Gasteiger charge is 2.30. The first kappa shape index (κ1) is 15.1. The van der Waals surface area contributed by atoms with Crippen molar-refractivity contribution in [1.82, 2.24) is 9.88 Å². The molecule has 0 aromatic carbocycles. The number of esters is 1. The van der Waals surface area contributed by atoms with Crippen molar-refractivity contribution in [2.24, 2.45) is 0 Å². The van der Waals surface area contributed by atoms with Crippen molar-refractivity contribution in [1.29, 1.82) is 0 Å². The number of carbonyl (C=O) groups is 2. The summed E-state index contributed by atoms with van der Waals surface area (Å²) >= 11 is 0. The molecular formula is C13H18N2O4. The van der Waals surface area contributed by atoms with E-state index in [9.17, 15) is 14.7 Å². The number of aliphatic hydroxyl groups is 1. The van der Waals surface area contributed by atoms with Crippen molar-refractivity contribution < 1.29 is 19.4 Å². The normalized spacial score (nSPS) is 11.7. The van der Waals surface area contributed by atoms with Crippen molar-refractivity contribution >= 4 is 11.9 Å². The van der Waals surface area contributed by atoms with Crippen molar-refractivity contribution in [3.05, 3.63) is 30.1 Å². The number of likely N-dealkylation sites (N-methyl/N-ethyl adjacent to an activating group) is 1. The number of carbonyl (C=O) groups excluding carboxylic acids is 2. The van der Waals surface area contributed by atoms with Gasteiger partial charge in [-0.05, 0) is 26.0 Å². The number of pyridine rings is 1. The second kappa shape index (κ2) is 7.48. The summed E-state index contributed by atoms with van der Waals surface area (Å²) in [6, 6.07) is 3.94. The molecule has 1 amide bonds. The third-order valence-electron chi connectivity index (χ3n) is 2.59. The van der Waals surface area contributed by atoms with Crippen LogP contribution in [0.5, 0.6) is 0 Å². The summed E-state index contributed by atoms with van der Waals surface area (Å²) in [4.78, 5) is 29.1. The van der Waals surface area contributed by atoms with E-state index >= 15 is 0 Å². The van der Waals surface area contributed by atoms with Crippen molar-refractivity contribution in [2.75, 3.05) is 19.8 Å². The molecule has 1 N–H and O–H groups in total. The highest BCUT2D eigenvalue weighted by Crippen LogP contribution is 2.08. The van der Waals surface area contributed by atoms with Crippen LogP contribution >= 0.6 is 0 Å². The zero-order valence-electron chi connectivity index (χ0n) is 11.1. The van der Waals surface area contributed by atoms with Gasteiger partial charge in [-0.15, -0.1) is 0 Å². The molecule has 0 fully saturated rings.